The molecule has 15 heavy (non-hydrogen) atoms. The normalized spacial score (nSPS) is 10.8. The monoisotopic (exact) mass is 205 g/mol. The van der Waals surface area contributed by atoms with E-state index in [0.29, 0.717) is 0 Å². The molecule has 0 aromatic heterocycles. The standard InChI is InChI=1S/C12H15NO2/c1-4-8-11(5-2)9-7-10-15-12(14)13-6-3/h4-9H,1-3,10H2,(H,13,14)/b9-7+,11-8+. The highest BCUT2D eigenvalue weighted by Gasteiger charge is 1.93. The Morgan fingerprint density at radius 1 is 1.33 bits per heavy atom. The first-order valence-corrected chi connectivity index (χ1v) is 4.40. The second-order valence-corrected chi connectivity index (χ2v) is 2.46. The van der Waals surface area contributed by atoms with Crippen LogP contribution in [-0.4, -0.2) is 12.7 Å². The Morgan fingerprint density at radius 3 is 2.60 bits per heavy atom. The summed E-state index contributed by atoms with van der Waals surface area (Å²) in [7, 11) is 0. The van der Waals surface area contributed by atoms with E-state index in [4.69, 9.17) is 4.74 Å². The Hall–Kier alpha value is -2.03. The van der Waals surface area contributed by atoms with Crippen LogP contribution in [0.25, 0.3) is 0 Å². The molecule has 0 fully saturated rings. The smallest absolute Gasteiger partial charge is 0.411 e. The summed E-state index contributed by atoms with van der Waals surface area (Å²) in [5, 5.41) is 2.29. The van der Waals surface area contributed by atoms with Gasteiger partial charge < -0.3 is 4.74 Å². The fourth-order valence-electron chi connectivity index (χ4n) is 0.761. The number of carbonyl (C=O) groups excluding carboxylic acids is 1. The zero-order valence-electron chi connectivity index (χ0n) is 8.61. The van der Waals surface area contributed by atoms with E-state index in [1.165, 1.54) is 6.20 Å². The number of nitrogens with one attached hydrogen (secondary N) is 1. The predicted octanol–water partition coefficient (Wildman–Crippen LogP) is 2.71. The largest absolute Gasteiger partial charge is 0.445 e. The van der Waals surface area contributed by atoms with E-state index in [1.54, 1.807) is 30.4 Å². The average Bonchev–Trinajstić information content (AvgIpc) is 2.23. The molecular formula is C12H15NO2. The minimum absolute atomic E-state index is 0.196. The molecule has 0 aliphatic carbocycles. The SMILES string of the molecule is C=C/C=C(C=C)/C=C/COC(=O)NC=C. The number of alkyl carbamates (subject to hydrolysis) is 1. The summed E-state index contributed by atoms with van der Waals surface area (Å²) >= 11 is 0. The number of allylic oxidation sites excluding steroid dienone is 5. The van der Waals surface area contributed by atoms with Crippen LogP contribution in [0.15, 0.2) is 61.9 Å². The van der Waals surface area contributed by atoms with Gasteiger partial charge in [-0.3, -0.25) is 5.32 Å². The van der Waals surface area contributed by atoms with Gasteiger partial charge >= 0.3 is 6.09 Å². The lowest BCUT2D eigenvalue weighted by Gasteiger charge is -1.99. The Labute approximate surface area is 90.1 Å². The second kappa shape index (κ2) is 8.56. The van der Waals surface area contributed by atoms with Crippen molar-refractivity contribution < 1.29 is 9.53 Å². The molecule has 0 heterocycles. The predicted molar refractivity (Wildman–Crippen MR) is 62.3 cm³/mol. The molecule has 0 aliphatic rings. The van der Waals surface area contributed by atoms with Crippen LogP contribution in [0.2, 0.25) is 0 Å². The molecule has 0 saturated carbocycles. The van der Waals surface area contributed by atoms with Gasteiger partial charge in [0.1, 0.15) is 6.61 Å². The summed E-state index contributed by atoms with van der Waals surface area (Å²) in [5.41, 5.74) is 0.901. The van der Waals surface area contributed by atoms with Gasteiger partial charge in [0.05, 0.1) is 0 Å². The molecule has 0 aromatic rings. The third-order valence-electron chi connectivity index (χ3n) is 1.39. The van der Waals surface area contributed by atoms with Crippen molar-refractivity contribution in [3.63, 3.8) is 0 Å². The maximum Gasteiger partial charge on any atom is 0.411 e. The molecule has 1 amide bonds. The van der Waals surface area contributed by atoms with Crippen molar-refractivity contribution >= 4 is 6.09 Å². The number of amides is 1. The van der Waals surface area contributed by atoms with Crippen LogP contribution in [0.1, 0.15) is 0 Å². The number of ether oxygens (including phenoxy) is 1. The average molecular weight is 205 g/mol. The van der Waals surface area contributed by atoms with Gasteiger partial charge in [-0.2, -0.15) is 0 Å². The van der Waals surface area contributed by atoms with Crippen molar-refractivity contribution in [2.24, 2.45) is 0 Å². The molecule has 0 spiro atoms. The van der Waals surface area contributed by atoms with Crippen LogP contribution in [0.4, 0.5) is 4.79 Å². The Morgan fingerprint density at radius 2 is 2.07 bits per heavy atom. The van der Waals surface area contributed by atoms with Gasteiger partial charge in [0.15, 0.2) is 0 Å². The molecule has 1 N–H and O–H groups in total. The highest BCUT2D eigenvalue weighted by Crippen LogP contribution is 1.97. The summed E-state index contributed by atoms with van der Waals surface area (Å²) in [6.07, 6.45) is 9.37. The zero-order chi connectivity index (χ0) is 11.5. The van der Waals surface area contributed by atoms with E-state index in [9.17, 15) is 4.79 Å². The number of carbonyl (C=O) groups is 1. The molecule has 3 nitrogen and oxygen atoms in total. The summed E-state index contributed by atoms with van der Waals surface area (Å²) < 4.78 is 4.76. The van der Waals surface area contributed by atoms with Crippen molar-refractivity contribution in [2.45, 2.75) is 0 Å². The van der Waals surface area contributed by atoms with E-state index >= 15 is 0 Å². The Kier molecular flexibility index (Phi) is 7.40. The summed E-state index contributed by atoms with van der Waals surface area (Å²) in [6.45, 7) is 10.7. The molecular weight excluding hydrogens is 190 g/mol. The van der Waals surface area contributed by atoms with Crippen molar-refractivity contribution in [3.8, 4) is 0 Å². The van der Waals surface area contributed by atoms with Gasteiger partial charge in [0.25, 0.3) is 0 Å². The van der Waals surface area contributed by atoms with Crippen LogP contribution in [0.5, 0.6) is 0 Å². The lowest BCUT2D eigenvalue weighted by atomic mass is 10.2. The first kappa shape index (κ1) is 13.0. The summed E-state index contributed by atoms with van der Waals surface area (Å²) in [6, 6.07) is 0. The van der Waals surface area contributed by atoms with Crippen molar-refractivity contribution in [1.29, 1.82) is 0 Å². The molecule has 0 bridgehead atoms. The van der Waals surface area contributed by atoms with E-state index in [-0.39, 0.29) is 6.61 Å². The number of hydrogen-bond acceptors (Lipinski definition) is 2. The minimum Gasteiger partial charge on any atom is -0.445 e. The molecule has 0 saturated heterocycles. The topological polar surface area (TPSA) is 38.3 Å². The minimum atomic E-state index is -0.525. The fourth-order valence-corrected chi connectivity index (χ4v) is 0.761. The van der Waals surface area contributed by atoms with Gasteiger partial charge in [0.2, 0.25) is 0 Å². The molecule has 0 aromatic carbocycles. The van der Waals surface area contributed by atoms with Crippen LogP contribution in [-0.2, 0) is 4.74 Å². The van der Waals surface area contributed by atoms with E-state index in [1.807, 2.05) is 0 Å². The van der Waals surface area contributed by atoms with Crippen LogP contribution in [0.3, 0.4) is 0 Å². The van der Waals surface area contributed by atoms with Crippen molar-refractivity contribution in [1.82, 2.24) is 5.32 Å². The summed E-state index contributed by atoms with van der Waals surface area (Å²) in [4.78, 5) is 10.8. The van der Waals surface area contributed by atoms with Gasteiger partial charge in [-0.1, -0.05) is 44.0 Å². The summed E-state index contributed by atoms with van der Waals surface area (Å²) in [5.74, 6) is 0. The van der Waals surface area contributed by atoms with E-state index in [2.05, 4.69) is 25.1 Å². The number of hydrogen-bond donors (Lipinski definition) is 1. The fraction of sp³-hybridized carbons (Fsp3) is 0.0833. The quantitative estimate of drug-likeness (QED) is 0.677. The molecule has 0 aliphatic heterocycles. The first-order valence-electron chi connectivity index (χ1n) is 4.40. The van der Waals surface area contributed by atoms with Crippen LogP contribution < -0.4 is 5.32 Å². The maximum atomic E-state index is 10.8. The van der Waals surface area contributed by atoms with Gasteiger partial charge in [0, 0.05) is 0 Å². The van der Waals surface area contributed by atoms with Crippen LogP contribution in [0, 0.1) is 0 Å². The van der Waals surface area contributed by atoms with Gasteiger partial charge in [-0.25, -0.2) is 4.79 Å². The third kappa shape index (κ3) is 7.07. The Bertz CT molecular complexity index is 301. The maximum absolute atomic E-state index is 10.8. The lowest BCUT2D eigenvalue weighted by molar-refractivity contribution is 0.162. The van der Waals surface area contributed by atoms with E-state index < -0.39 is 6.09 Å². The third-order valence-corrected chi connectivity index (χ3v) is 1.39. The lowest BCUT2D eigenvalue weighted by Crippen LogP contribution is -2.17. The highest BCUT2D eigenvalue weighted by atomic mass is 16.5. The second-order valence-electron chi connectivity index (χ2n) is 2.46. The molecule has 0 unspecified atom stereocenters. The van der Waals surface area contributed by atoms with Gasteiger partial charge in [-0.05, 0) is 17.8 Å². The van der Waals surface area contributed by atoms with Crippen molar-refractivity contribution in [3.05, 3.63) is 61.9 Å². The van der Waals surface area contributed by atoms with Gasteiger partial charge in [-0.15, -0.1) is 0 Å². The molecule has 80 valence electrons. The van der Waals surface area contributed by atoms with Crippen molar-refractivity contribution in [2.75, 3.05) is 6.61 Å². The van der Waals surface area contributed by atoms with E-state index in [0.717, 1.165) is 5.57 Å². The zero-order valence-corrected chi connectivity index (χ0v) is 8.61. The highest BCUT2D eigenvalue weighted by molar-refractivity contribution is 5.68. The molecule has 3 heteroatoms. The molecule has 0 radical (unpaired) electrons. The van der Waals surface area contributed by atoms with Crippen LogP contribution >= 0.6 is 0 Å². The first-order chi connectivity index (χ1) is 7.24. The molecule has 0 rings (SSSR count). The molecule has 0 atom stereocenters. The number of rotatable bonds is 6. The Balaban J connectivity index is 3.93.